The number of allylic oxidation sites excluding steroid dienone is 4. The van der Waals surface area contributed by atoms with E-state index in [2.05, 4.69) is 17.5 Å². The lowest BCUT2D eigenvalue weighted by Crippen LogP contribution is -2.52. The minimum absolute atomic E-state index is 0.176. The maximum Gasteiger partial charge on any atom is 0.325 e. The number of nitrogens with zero attached hydrogens (tertiary/aromatic N) is 2. The molecule has 33 heavy (non-hydrogen) atoms. The molecule has 1 saturated carbocycles. The number of fused-ring (bicyclic) bond motifs is 1. The molecule has 3 fully saturated rings. The quantitative estimate of drug-likeness (QED) is 0.343. The average Bonchev–Trinajstić information content (AvgIpc) is 3.23. The molecule has 0 bridgehead atoms. The largest absolute Gasteiger partial charge is 0.443 e. The van der Waals surface area contributed by atoms with Gasteiger partial charge in [-0.05, 0) is 56.4 Å². The van der Waals surface area contributed by atoms with Crippen molar-refractivity contribution in [2.75, 3.05) is 0 Å². The molecule has 0 aromatic heterocycles. The van der Waals surface area contributed by atoms with E-state index in [-0.39, 0.29) is 17.9 Å². The van der Waals surface area contributed by atoms with Crippen molar-refractivity contribution in [3.63, 3.8) is 0 Å². The summed E-state index contributed by atoms with van der Waals surface area (Å²) in [6.45, 7) is 7.57. The van der Waals surface area contributed by atoms with Crippen LogP contribution >= 0.6 is 23.2 Å². The van der Waals surface area contributed by atoms with Crippen LogP contribution in [0.25, 0.3) is 0 Å². The Morgan fingerprint density at radius 3 is 2.67 bits per heavy atom. The molecule has 0 N–H and O–H groups in total. The minimum Gasteiger partial charge on any atom is -0.443 e. The Bertz CT molecular complexity index is 1030. The van der Waals surface area contributed by atoms with Crippen LogP contribution in [0.5, 0.6) is 0 Å². The highest BCUT2D eigenvalue weighted by atomic mass is 35.5. The van der Waals surface area contributed by atoms with Gasteiger partial charge in [-0.1, -0.05) is 79.4 Å². The van der Waals surface area contributed by atoms with Crippen LogP contribution in [0.3, 0.4) is 0 Å². The molecule has 0 spiro atoms. The van der Waals surface area contributed by atoms with Crippen molar-refractivity contribution in [2.24, 2.45) is 11.3 Å². The first-order valence-electron chi connectivity index (χ1n) is 11.6. The standard InChI is InChI=1S/C27H30Cl2N2O2/c1-4-20(28)14-9-15-27(17-30)22(19-12-8-13-21(29)16-19)23-25(32)33-26(2,3)31(23)24(27)18-10-6-5-7-11-18/h4,8-9,12-16,18,22-24H,1,5-7,10-11H2,2-3H3/b15-9+,20-14+/t22-,23+,24-,27-/m0/s1. The summed E-state index contributed by atoms with van der Waals surface area (Å²) in [6, 6.07) is 9.48. The molecule has 0 unspecified atom stereocenters. The van der Waals surface area contributed by atoms with Crippen LogP contribution in [0.15, 0.2) is 60.2 Å². The van der Waals surface area contributed by atoms with Crippen LogP contribution in [-0.2, 0) is 9.53 Å². The molecule has 4 nitrogen and oxygen atoms in total. The molecular formula is C27H30Cl2N2O2. The van der Waals surface area contributed by atoms with Gasteiger partial charge in [-0.3, -0.25) is 4.79 Å². The second-order valence-electron chi connectivity index (χ2n) is 9.76. The minimum atomic E-state index is -0.955. The zero-order valence-corrected chi connectivity index (χ0v) is 20.6. The van der Waals surface area contributed by atoms with Gasteiger partial charge in [0.15, 0.2) is 5.72 Å². The molecule has 0 radical (unpaired) electrons. The van der Waals surface area contributed by atoms with Crippen molar-refractivity contribution in [3.05, 3.63) is 70.8 Å². The maximum absolute atomic E-state index is 13.3. The fourth-order valence-corrected chi connectivity index (χ4v) is 6.53. The van der Waals surface area contributed by atoms with Crippen molar-refractivity contribution in [3.8, 4) is 6.07 Å². The van der Waals surface area contributed by atoms with E-state index in [1.165, 1.54) is 6.42 Å². The van der Waals surface area contributed by atoms with E-state index < -0.39 is 23.1 Å². The second-order valence-corrected chi connectivity index (χ2v) is 10.6. The number of carbonyl (C=O) groups excluding carboxylic acids is 1. The molecule has 2 saturated heterocycles. The molecule has 0 amide bonds. The van der Waals surface area contributed by atoms with Crippen molar-refractivity contribution in [2.45, 2.75) is 69.7 Å². The summed E-state index contributed by atoms with van der Waals surface area (Å²) < 4.78 is 5.89. The number of nitriles is 1. The van der Waals surface area contributed by atoms with Gasteiger partial charge in [0.05, 0.1) is 6.07 Å². The van der Waals surface area contributed by atoms with E-state index in [1.54, 1.807) is 12.2 Å². The maximum atomic E-state index is 13.3. The first-order chi connectivity index (χ1) is 15.7. The predicted octanol–water partition coefficient (Wildman–Crippen LogP) is 6.72. The first kappa shape index (κ1) is 24.1. The van der Waals surface area contributed by atoms with Gasteiger partial charge in [0.25, 0.3) is 0 Å². The predicted molar refractivity (Wildman–Crippen MR) is 132 cm³/mol. The molecule has 2 heterocycles. The summed E-state index contributed by atoms with van der Waals surface area (Å²) in [5, 5.41) is 11.9. The Labute approximate surface area is 206 Å². The molecule has 4 rings (SSSR count). The van der Waals surface area contributed by atoms with Crippen molar-refractivity contribution >= 4 is 29.2 Å². The zero-order chi connectivity index (χ0) is 23.8. The van der Waals surface area contributed by atoms with Crippen LogP contribution in [0.1, 0.15) is 57.4 Å². The van der Waals surface area contributed by atoms with Gasteiger partial charge in [0.1, 0.15) is 11.5 Å². The third kappa shape index (κ3) is 4.16. The number of carbonyl (C=O) groups is 1. The van der Waals surface area contributed by atoms with Crippen molar-refractivity contribution in [1.82, 2.24) is 4.90 Å². The number of hydrogen-bond donors (Lipinski definition) is 0. The van der Waals surface area contributed by atoms with Crippen LogP contribution in [-0.4, -0.2) is 28.7 Å². The molecule has 2 aliphatic heterocycles. The fraction of sp³-hybridized carbons (Fsp3) is 0.481. The van der Waals surface area contributed by atoms with E-state index in [0.717, 1.165) is 31.2 Å². The number of cyclic esters (lactones) is 1. The number of rotatable bonds is 5. The summed E-state index contributed by atoms with van der Waals surface area (Å²) in [7, 11) is 0. The van der Waals surface area contributed by atoms with E-state index in [4.69, 9.17) is 27.9 Å². The summed E-state index contributed by atoms with van der Waals surface area (Å²) in [4.78, 5) is 15.5. The van der Waals surface area contributed by atoms with Gasteiger partial charge in [-0.15, -0.1) is 0 Å². The van der Waals surface area contributed by atoms with Crippen LogP contribution < -0.4 is 0 Å². The van der Waals surface area contributed by atoms with Gasteiger partial charge in [0, 0.05) is 22.0 Å². The SMILES string of the molecule is C=C/C(Cl)=C\C=C\[C@@]1(C#N)[C@H](C2CCCCC2)N2[C@@H](C(=O)OC2(C)C)[C@@H]1c1cccc(Cl)c1. The topological polar surface area (TPSA) is 53.3 Å². The molecule has 1 aromatic carbocycles. The van der Waals surface area contributed by atoms with Gasteiger partial charge in [-0.25, -0.2) is 4.90 Å². The number of benzene rings is 1. The molecule has 1 aromatic rings. The van der Waals surface area contributed by atoms with Crippen LogP contribution in [0.2, 0.25) is 5.02 Å². The summed E-state index contributed by atoms with van der Waals surface area (Å²) >= 11 is 12.5. The normalized spacial score (nSPS) is 32.5. The Morgan fingerprint density at radius 1 is 1.30 bits per heavy atom. The van der Waals surface area contributed by atoms with E-state index in [0.29, 0.717) is 10.1 Å². The van der Waals surface area contributed by atoms with Crippen LogP contribution in [0.4, 0.5) is 0 Å². The first-order valence-corrected chi connectivity index (χ1v) is 12.4. The van der Waals surface area contributed by atoms with Gasteiger partial charge >= 0.3 is 5.97 Å². The number of hydrogen-bond acceptors (Lipinski definition) is 4. The second kappa shape index (κ2) is 9.29. The Hall–Kier alpha value is -2.06. The van der Waals surface area contributed by atoms with Gasteiger partial charge in [0.2, 0.25) is 0 Å². The van der Waals surface area contributed by atoms with Gasteiger partial charge in [-0.2, -0.15) is 5.26 Å². The average molecular weight is 485 g/mol. The highest BCUT2D eigenvalue weighted by Crippen LogP contribution is 2.60. The highest BCUT2D eigenvalue weighted by Gasteiger charge is 2.69. The number of esters is 1. The Morgan fingerprint density at radius 2 is 2.03 bits per heavy atom. The third-order valence-corrected chi connectivity index (χ3v) is 7.97. The number of ether oxygens (including phenoxy) is 1. The smallest absolute Gasteiger partial charge is 0.325 e. The lowest BCUT2D eigenvalue weighted by atomic mass is 9.64. The summed E-state index contributed by atoms with van der Waals surface area (Å²) in [6.07, 6.45) is 12.6. The molecule has 4 atom stereocenters. The molecule has 174 valence electrons. The van der Waals surface area contributed by atoms with Crippen molar-refractivity contribution < 1.29 is 9.53 Å². The highest BCUT2D eigenvalue weighted by molar-refractivity contribution is 6.31. The number of halogens is 2. The van der Waals surface area contributed by atoms with Gasteiger partial charge < -0.3 is 4.74 Å². The fourth-order valence-electron chi connectivity index (χ4n) is 6.26. The molecule has 3 aliphatic rings. The van der Waals surface area contributed by atoms with E-state index >= 15 is 0 Å². The van der Waals surface area contributed by atoms with E-state index in [1.807, 2.05) is 50.3 Å². The molecule has 1 aliphatic carbocycles. The third-order valence-electron chi connectivity index (χ3n) is 7.45. The monoisotopic (exact) mass is 484 g/mol. The van der Waals surface area contributed by atoms with E-state index in [9.17, 15) is 10.1 Å². The summed E-state index contributed by atoms with van der Waals surface area (Å²) in [5.41, 5.74) is -0.888. The molecular weight excluding hydrogens is 455 g/mol. The van der Waals surface area contributed by atoms with Crippen LogP contribution in [0, 0.1) is 22.7 Å². The lowest BCUT2D eigenvalue weighted by Gasteiger charge is -2.43. The molecule has 6 heteroatoms. The summed E-state index contributed by atoms with van der Waals surface area (Å²) in [5.74, 6) is -0.423. The Kier molecular flexibility index (Phi) is 6.78. The van der Waals surface area contributed by atoms with Crippen molar-refractivity contribution in [1.29, 1.82) is 5.26 Å². The Balaban J connectivity index is 1.96. The zero-order valence-electron chi connectivity index (χ0n) is 19.1. The lowest BCUT2D eigenvalue weighted by molar-refractivity contribution is -0.153.